The van der Waals surface area contributed by atoms with Gasteiger partial charge in [0.2, 0.25) is 0 Å². The molecule has 3 heteroatoms. The lowest BCUT2D eigenvalue weighted by atomic mass is 9.68. The van der Waals surface area contributed by atoms with Gasteiger partial charge in [-0.2, -0.15) is 0 Å². The molecule has 2 N–H and O–H groups in total. The van der Waals surface area contributed by atoms with E-state index in [0.29, 0.717) is 17.9 Å². The Balaban J connectivity index is 1.74. The third-order valence-corrected chi connectivity index (χ3v) is 7.10. The molecule has 0 amide bonds. The molecule has 3 saturated carbocycles. The summed E-state index contributed by atoms with van der Waals surface area (Å²) in [5.74, 6) is 0.696. The molecule has 3 nitrogen and oxygen atoms in total. The zero-order chi connectivity index (χ0) is 13.9. The van der Waals surface area contributed by atoms with Gasteiger partial charge in [-0.15, -0.1) is 0 Å². The Hall–Kier alpha value is -0.570. The molecule has 108 valence electrons. The number of carbonyl (C=O) groups excluding carboxylic acids is 1. The van der Waals surface area contributed by atoms with E-state index in [4.69, 9.17) is 10.5 Å². The highest BCUT2D eigenvalue weighted by Crippen LogP contribution is 2.66. The molecule has 3 aliphatic carbocycles. The van der Waals surface area contributed by atoms with Crippen molar-refractivity contribution in [3.63, 3.8) is 0 Å². The van der Waals surface area contributed by atoms with E-state index in [9.17, 15) is 4.79 Å². The summed E-state index contributed by atoms with van der Waals surface area (Å²) >= 11 is 0. The molecule has 0 aromatic carbocycles. The van der Waals surface area contributed by atoms with E-state index >= 15 is 0 Å². The number of nitrogens with two attached hydrogens (primary N) is 1. The van der Waals surface area contributed by atoms with Crippen LogP contribution >= 0.6 is 0 Å². The van der Waals surface area contributed by atoms with E-state index in [2.05, 4.69) is 20.8 Å². The Morgan fingerprint density at radius 3 is 2.32 bits per heavy atom. The zero-order valence-corrected chi connectivity index (χ0v) is 12.5. The van der Waals surface area contributed by atoms with Crippen LogP contribution in [-0.2, 0) is 9.53 Å². The van der Waals surface area contributed by atoms with Crippen LogP contribution in [0.25, 0.3) is 0 Å². The van der Waals surface area contributed by atoms with Crippen LogP contribution in [-0.4, -0.2) is 18.6 Å². The smallest absolute Gasteiger partial charge is 0.313 e. The maximum absolute atomic E-state index is 12.5. The van der Waals surface area contributed by atoms with E-state index in [0.717, 1.165) is 25.7 Å². The van der Waals surface area contributed by atoms with Gasteiger partial charge in [-0.1, -0.05) is 27.2 Å². The number of hydrogen-bond acceptors (Lipinski definition) is 3. The zero-order valence-electron chi connectivity index (χ0n) is 12.5. The second-order valence-corrected chi connectivity index (χ2v) is 7.84. The fourth-order valence-corrected chi connectivity index (χ4v) is 4.66. The number of rotatable bonds is 3. The van der Waals surface area contributed by atoms with Crippen molar-refractivity contribution in [2.75, 3.05) is 6.54 Å². The van der Waals surface area contributed by atoms with E-state index < -0.39 is 0 Å². The molecule has 0 radical (unpaired) electrons. The Morgan fingerprint density at radius 2 is 1.95 bits per heavy atom. The number of ether oxygens (including phenoxy) is 1. The van der Waals surface area contributed by atoms with Crippen LogP contribution in [0.2, 0.25) is 0 Å². The Kier molecular flexibility index (Phi) is 2.80. The van der Waals surface area contributed by atoms with E-state index in [1.165, 1.54) is 12.8 Å². The quantitative estimate of drug-likeness (QED) is 0.798. The summed E-state index contributed by atoms with van der Waals surface area (Å²) in [6.45, 7) is 7.46. The minimum Gasteiger partial charge on any atom is -0.461 e. The average Bonchev–Trinajstić information content (AvgIpc) is 2.61. The predicted molar refractivity (Wildman–Crippen MR) is 74.4 cm³/mol. The van der Waals surface area contributed by atoms with Gasteiger partial charge in [0.15, 0.2) is 0 Å². The molecule has 0 aromatic heterocycles. The van der Waals surface area contributed by atoms with Gasteiger partial charge in [0.1, 0.15) is 6.10 Å². The van der Waals surface area contributed by atoms with Gasteiger partial charge < -0.3 is 10.5 Å². The van der Waals surface area contributed by atoms with Crippen LogP contribution in [0.5, 0.6) is 0 Å². The van der Waals surface area contributed by atoms with Crippen LogP contribution in [0.1, 0.15) is 59.3 Å². The van der Waals surface area contributed by atoms with Crippen molar-refractivity contribution in [3.05, 3.63) is 0 Å². The molecule has 0 aliphatic heterocycles. The third-order valence-electron chi connectivity index (χ3n) is 7.10. The van der Waals surface area contributed by atoms with Gasteiger partial charge in [-0.25, -0.2) is 0 Å². The van der Waals surface area contributed by atoms with Gasteiger partial charge in [0.05, 0.1) is 5.41 Å². The fraction of sp³-hybridized carbons (Fsp3) is 0.938. The molecule has 2 bridgehead atoms. The first-order chi connectivity index (χ1) is 8.86. The van der Waals surface area contributed by atoms with Gasteiger partial charge in [0.25, 0.3) is 0 Å². The molecule has 19 heavy (non-hydrogen) atoms. The summed E-state index contributed by atoms with van der Waals surface area (Å²) in [7, 11) is 0. The first-order valence-electron chi connectivity index (χ1n) is 7.77. The molecule has 0 aromatic rings. The minimum atomic E-state index is -0.345. The standard InChI is InChI=1S/C16H27NO2/c1-14(2)11-5-8-15(14,3)12(9-11)19-13(18)16(10-17)6-4-7-16/h11-12H,4-10,17H2,1-3H3. The highest BCUT2D eigenvalue weighted by molar-refractivity contribution is 5.78. The number of fused-ring (bicyclic) bond motifs is 2. The summed E-state index contributed by atoms with van der Waals surface area (Å²) in [6, 6.07) is 0. The first-order valence-corrected chi connectivity index (χ1v) is 7.77. The van der Waals surface area contributed by atoms with Crippen molar-refractivity contribution in [1.29, 1.82) is 0 Å². The summed E-state index contributed by atoms with van der Waals surface area (Å²) in [6.07, 6.45) is 6.59. The molecule has 3 rings (SSSR count). The largest absolute Gasteiger partial charge is 0.461 e. The van der Waals surface area contributed by atoms with Crippen LogP contribution in [0, 0.1) is 22.2 Å². The molecule has 3 atom stereocenters. The third kappa shape index (κ3) is 1.57. The predicted octanol–water partition coefficient (Wildman–Crippen LogP) is 2.87. The summed E-state index contributed by atoms with van der Waals surface area (Å²) in [5.41, 5.74) is 5.92. The fourth-order valence-electron chi connectivity index (χ4n) is 4.66. The van der Waals surface area contributed by atoms with E-state index in [1.807, 2.05) is 0 Å². The second kappa shape index (κ2) is 3.97. The SMILES string of the molecule is CC1(C)C2CCC1(C)C(OC(=O)C1(CN)CCC1)C2. The summed E-state index contributed by atoms with van der Waals surface area (Å²) in [5, 5.41) is 0. The second-order valence-electron chi connectivity index (χ2n) is 7.84. The van der Waals surface area contributed by atoms with Crippen molar-refractivity contribution in [2.45, 2.75) is 65.4 Å². The molecule has 3 fully saturated rings. The highest BCUT2D eigenvalue weighted by atomic mass is 16.5. The number of carbonyl (C=O) groups is 1. The van der Waals surface area contributed by atoms with Crippen LogP contribution < -0.4 is 5.73 Å². The van der Waals surface area contributed by atoms with Crippen molar-refractivity contribution < 1.29 is 9.53 Å². The Morgan fingerprint density at radius 1 is 1.26 bits per heavy atom. The maximum Gasteiger partial charge on any atom is 0.313 e. The topological polar surface area (TPSA) is 52.3 Å². The lowest BCUT2D eigenvalue weighted by molar-refractivity contribution is -0.174. The number of esters is 1. The summed E-state index contributed by atoms with van der Waals surface area (Å²) < 4.78 is 5.96. The van der Waals surface area contributed by atoms with Crippen molar-refractivity contribution in [1.82, 2.24) is 0 Å². The van der Waals surface area contributed by atoms with Crippen molar-refractivity contribution in [2.24, 2.45) is 27.9 Å². The lowest BCUT2D eigenvalue weighted by Crippen LogP contribution is -2.48. The number of hydrogen-bond donors (Lipinski definition) is 1. The lowest BCUT2D eigenvalue weighted by Gasteiger charge is -2.43. The van der Waals surface area contributed by atoms with E-state index in [1.54, 1.807) is 0 Å². The van der Waals surface area contributed by atoms with Crippen LogP contribution in [0.15, 0.2) is 0 Å². The maximum atomic E-state index is 12.5. The van der Waals surface area contributed by atoms with Crippen molar-refractivity contribution in [3.8, 4) is 0 Å². The molecule has 3 unspecified atom stereocenters. The van der Waals surface area contributed by atoms with Gasteiger partial charge >= 0.3 is 5.97 Å². The van der Waals surface area contributed by atoms with Crippen LogP contribution in [0.4, 0.5) is 0 Å². The molecule has 0 heterocycles. The minimum absolute atomic E-state index is 0.0178. The van der Waals surface area contributed by atoms with Gasteiger partial charge in [-0.3, -0.25) is 4.79 Å². The normalized spacial score (nSPS) is 41.9. The van der Waals surface area contributed by atoms with Gasteiger partial charge in [0, 0.05) is 12.0 Å². The molecular weight excluding hydrogens is 238 g/mol. The van der Waals surface area contributed by atoms with Crippen LogP contribution in [0.3, 0.4) is 0 Å². The first kappa shape index (κ1) is 13.4. The Bertz CT molecular complexity index is 394. The van der Waals surface area contributed by atoms with Crippen molar-refractivity contribution >= 4 is 5.97 Å². The van der Waals surface area contributed by atoms with Gasteiger partial charge in [-0.05, 0) is 43.4 Å². The highest BCUT2D eigenvalue weighted by Gasteiger charge is 2.63. The summed E-state index contributed by atoms with van der Waals surface area (Å²) in [4.78, 5) is 12.5. The molecule has 3 aliphatic rings. The monoisotopic (exact) mass is 265 g/mol. The molecular formula is C16H27NO2. The molecule has 0 spiro atoms. The average molecular weight is 265 g/mol. The molecule has 0 saturated heterocycles. The van der Waals surface area contributed by atoms with E-state index in [-0.39, 0.29) is 22.9 Å². The Labute approximate surface area is 116 Å².